The lowest BCUT2D eigenvalue weighted by Crippen LogP contribution is -2.41. The van der Waals surface area contributed by atoms with Crippen LogP contribution in [0.15, 0.2) is 89.1 Å². The van der Waals surface area contributed by atoms with Gasteiger partial charge in [-0.05, 0) is 68.3 Å². The molecule has 2 heterocycles. The molecule has 1 N–H and O–H groups in total. The van der Waals surface area contributed by atoms with Crippen LogP contribution in [0.3, 0.4) is 0 Å². The molecule has 4 aromatic rings. The Labute approximate surface area is 220 Å². The van der Waals surface area contributed by atoms with Gasteiger partial charge in [-0.15, -0.1) is 11.3 Å². The summed E-state index contributed by atoms with van der Waals surface area (Å²) in [5.41, 5.74) is 2.70. The fourth-order valence-electron chi connectivity index (χ4n) is 4.21. The van der Waals surface area contributed by atoms with E-state index in [2.05, 4.69) is 10.3 Å². The first-order valence-corrected chi connectivity index (χ1v) is 14.4. The minimum absolute atomic E-state index is 0.125. The monoisotopic (exact) mass is 533 g/mol. The number of thiazole rings is 1. The molecule has 9 heteroatoms. The number of sulfonamides is 1. The lowest BCUT2D eigenvalue weighted by molar-refractivity contribution is -0.120. The minimum atomic E-state index is -3.55. The molecule has 1 fully saturated rings. The normalized spacial score (nSPS) is 14.8. The van der Waals surface area contributed by atoms with Crippen molar-refractivity contribution in [2.24, 2.45) is 5.92 Å². The molecule has 1 aliphatic heterocycles. The van der Waals surface area contributed by atoms with Crippen molar-refractivity contribution in [1.29, 1.82) is 0 Å². The Morgan fingerprint density at radius 1 is 0.946 bits per heavy atom. The third kappa shape index (κ3) is 5.90. The highest BCUT2D eigenvalue weighted by Gasteiger charge is 2.32. The number of aryl methyl sites for hydroxylation is 1. The Bertz CT molecular complexity index is 1460. The number of piperidine rings is 1. The summed E-state index contributed by atoms with van der Waals surface area (Å²) in [7, 11) is -3.55. The van der Waals surface area contributed by atoms with Gasteiger partial charge in [-0.2, -0.15) is 4.31 Å². The molecule has 0 unspecified atom stereocenters. The minimum Gasteiger partial charge on any atom is -0.457 e. The topological polar surface area (TPSA) is 88.6 Å². The Kier molecular flexibility index (Phi) is 7.36. The number of hydrogen-bond acceptors (Lipinski definition) is 6. The second kappa shape index (κ2) is 10.8. The van der Waals surface area contributed by atoms with Crippen molar-refractivity contribution in [3.05, 3.63) is 89.8 Å². The second-order valence-corrected chi connectivity index (χ2v) is 11.8. The number of hydrogen-bond donors (Lipinski definition) is 1. The SMILES string of the molecule is Cc1ccc(S(=O)(=O)N2CCC(C(=O)Nc3nc(-c4ccc(Oc5ccccc5)cc4)cs3)CC2)cc1. The molecular weight excluding hydrogens is 506 g/mol. The summed E-state index contributed by atoms with van der Waals surface area (Å²) in [5, 5.41) is 5.34. The Morgan fingerprint density at radius 3 is 2.27 bits per heavy atom. The lowest BCUT2D eigenvalue weighted by Gasteiger charge is -2.30. The molecule has 0 atom stereocenters. The molecule has 0 saturated carbocycles. The molecule has 0 spiro atoms. The van der Waals surface area contributed by atoms with E-state index in [1.807, 2.05) is 66.9 Å². The van der Waals surface area contributed by atoms with Crippen molar-refractivity contribution in [1.82, 2.24) is 9.29 Å². The van der Waals surface area contributed by atoms with Gasteiger partial charge in [0.25, 0.3) is 0 Å². The molecule has 1 saturated heterocycles. The van der Waals surface area contributed by atoms with E-state index < -0.39 is 10.0 Å². The van der Waals surface area contributed by atoms with E-state index in [9.17, 15) is 13.2 Å². The quantitative estimate of drug-likeness (QED) is 0.317. The molecule has 5 rings (SSSR count). The summed E-state index contributed by atoms with van der Waals surface area (Å²) in [5.74, 6) is 1.12. The average Bonchev–Trinajstić information content (AvgIpc) is 3.38. The van der Waals surface area contributed by atoms with Gasteiger partial charge in [0, 0.05) is 30.0 Å². The van der Waals surface area contributed by atoms with Gasteiger partial charge in [-0.1, -0.05) is 35.9 Å². The third-order valence-electron chi connectivity index (χ3n) is 6.35. The first kappa shape index (κ1) is 25.1. The van der Waals surface area contributed by atoms with Crippen LogP contribution in [0.5, 0.6) is 11.5 Å². The zero-order valence-corrected chi connectivity index (χ0v) is 22.0. The van der Waals surface area contributed by atoms with Gasteiger partial charge in [0.05, 0.1) is 10.6 Å². The number of benzene rings is 3. The van der Waals surface area contributed by atoms with Crippen LogP contribution < -0.4 is 10.1 Å². The maximum absolute atomic E-state index is 12.9. The number of rotatable bonds is 7. The summed E-state index contributed by atoms with van der Waals surface area (Å²) >= 11 is 1.37. The van der Waals surface area contributed by atoms with E-state index >= 15 is 0 Å². The van der Waals surface area contributed by atoms with E-state index in [0.29, 0.717) is 31.1 Å². The zero-order chi connectivity index (χ0) is 25.8. The third-order valence-corrected chi connectivity index (χ3v) is 9.02. The van der Waals surface area contributed by atoms with Crippen molar-refractivity contribution < 1.29 is 17.9 Å². The van der Waals surface area contributed by atoms with Gasteiger partial charge in [0.1, 0.15) is 11.5 Å². The van der Waals surface area contributed by atoms with Crippen LogP contribution in [-0.2, 0) is 14.8 Å². The van der Waals surface area contributed by atoms with E-state index in [-0.39, 0.29) is 16.7 Å². The summed E-state index contributed by atoms with van der Waals surface area (Å²) in [6, 6.07) is 24.1. The molecule has 1 aliphatic rings. The van der Waals surface area contributed by atoms with E-state index in [4.69, 9.17) is 4.74 Å². The van der Waals surface area contributed by atoms with Gasteiger partial charge >= 0.3 is 0 Å². The number of carbonyl (C=O) groups is 1. The summed E-state index contributed by atoms with van der Waals surface area (Å²) < 4.78 is 33.2. The van der Waals surface area contributed by atoms with Crippen LogP contribution in [0.4, 0.5) is 5.13 Å². The van der Waals surface area contributed by atoms with E-state index in [0.717, 1.165) is 28.3 Å². The summed E-state index contributed by atoms with van der Waals surface area (Å²) in [6.07, 6.45) is 0.941. The number of nitrogens with one attached hydrogen (secondary N) is 1. The Balaban J connectivity index is 1.16. The highest BCUT2D eigenvalue weighted by Crippen LogP contribution is 2.30. The van der Waals surface area contributed by atoms with Crippen LogP contribution in [-0.4, -0.2) is 36.7 Å². The summed E-state index contributed by atoms with van der Waals surface area (Å²) in [6.45, 7) is 2.55. The Hall–Kier alpha value is -3.53. The van der Waals surface area contributed by atoms with E-state index in [1.54, 1.807) is 24.3 Å². The number of carbonyl (C=O) groups excluding carboxylic acids is 1. The predicted octanol–water partition coefficient (Wildman–Crippen LogP) is 5.95. The molecule has 190 valence electrons. The molecule has 3 aromatic carbocycles. The molecule has 37 heavy (non-hydrogen) atoms. The molecular formula is C28H27N3O4S2. The lowest BCUT2D eigenvalue weighted by atomic mass is 9.97. The second-order valence-electron chi connectivity index (χ2n) is 8.96. The van der Waals surface area contributed by atoms with Crippen molar-refractivity contribution >= 4 is 32.4 Å². The first-order valence-electron chi connectivity index (χ1n) is 12.0. The largest absolute Gasteiger partial charge is 0.457 e. The van der Waals surface area contributed by atoms with Gasteiger partial charge in [-0.3, -0.25) is 4.79 Å². The molecule has 0 radical (unpaired) electrons. The maximum Gasteiger partial charge on any atom is 0.243 e. The predicted molar refractivity (Wildman–Crippen MR) is 145 cm³/mol. The van der Waals surface area contributed by atoms with Crippen LogP contribution in [0.25, 0.3) is 11.3 Å². The van der Waals surface area contributed by atoms with Crippen LogP contribution in [0.2, 0.25) is 0 Å². The first-order chi connectivity index (χ1) is 17.9. The molecule has 1 aromatic heterocycles. The number of ether oxygens (including phenoxy) is 1. The van der Waals surface area contributed by atoms with Crippen LogP contribution in [0, 0.1) is 12.8 Å². The molecule has 0 aliphatic carbocycles. The highest BCUT2D eigenvalue weighted by molar-refractivity contribution is 7.89. The fourth-order valence-corrected chi connectivity index (χ4v) is 6.40. The molecule has 0 bridgehead atoms. The summed E-state index contributed by atoms with van der Waals surface area (Å²) in [4.78, 5) is 17.7. The number of para-hydroxylation sites is 1. The van der Waals surface area contributed by atoms with Crippen LogP contribution >= 0.6 is 11.3 Å². The molecule has 1 amide bonds. The van der Waals surface area contributed by atoms with Gasteiger partial charge in [-0.25, -0.2) is 13.4 Å². The van der Waals surface area contributed by atoms with Crippen molar-refractivity contribution in [2.75, 3.05) is 18.4 Å². The van der Waals surface area contributed by atoms with Gasteiger partial charge in [0.15, 0.2) is 5.13 Å². The number of nitrogens with zero attached hydrogens (tertiary/aromatic N) is 2. The number of amides is 1. The fraction of sp³-hybridized carbons (Fsp3) is 0.214. The average molecular weight is 534 g/mol. The van der Waals surface area contributed by atoms with Gasteiger partial charge < -0.3 is 10.1 Å². The van der Waals surface area contributed by atoms with Crippen molar-refractivity contribution in [2.45, 2.75) is 24.7 Å². The Morgan fingerprint density at radius 2 is 1.59 bits per heavy atom. The standard InChI is InChI=1S/C28H27N3O4S2/c1-20-7-13-25(14-8-20)37(33,34)31-17-15-22(16-18-31)27(32)30-28-29-26(19-36-28)21-9-11-24(12-10-21)35-23-5-3-2-4-6-23/h2-14,19,22H,15-18H2,1H3,(H,29,30,32). The van der Waals surface area contributed by atoms with Crippen molar-refractivity contribution in [3.63, 3.8) is 0 Å². The molecule has 7 nitrogen and oxygen atoms in total. The van der Waals surface area contributed by atoms with Crippen LogP contribution in [0.1, 0.15) is 18.4 Å². The van der Waals surface area contributed by atoms with Gasteiger partial charge in [0.2, 0.25) is 15.9 Å². The van der Waals surface area contributed by atoms with E-state index in [1.165, 1.54) is 15.6 Å². The maximum atomic E-state index is 12.9. The smallest absolute Gasteiger partial charge is 0.243 e. The van der Waals surface area contributed by atoms with Crippen molar-refractivity contribution in [3.8, 4) is 22.8 Å². The number of aromatic nitrogens is 1. The number of anilines is 1. The zero-order valence-electron chi connectivity index (χ0n) is 20.3. The highest BCUT2D eigenvalue weighted by atomic mass is 32.2.